The lowest BCUT2D eigenvalue weighted by molar-refractivity contribution is -0.126. The van der Waals surface area contributed by atoms with E-state index in [1.165, 1.54) is 0 Å². The van der Waals surface area contributed by atoms with Gasteiger partial charge in [0.1, 0.15) is 0 Å². The molecule has 0 atom stereocenters. The third kappa shape index (κ3) is 2.37. The van der Waals surface area contributed by atoms with E-state index in [4.69, 9.17) is 0 Å². The monoisotopic (exact) mass is 152 g/mol. The maximum atomic E-state index is 10.4. The Morgan fingerprint density at radius 2 is 1.75 bits per heavy atom. The highest BCUT2D eigenvalue weighted by molar-refractivity contribution is 8.32. The molecule has 0 N–H and O–H groups in total. The van der Waals surface area contributed by atoms with E-state index in [1.54, 1.807) is 12.5 Å². The van der Waals surface area contributed by atoms with E-state index < -0.39 is 16.0 Å². The van der Waals surface area contributed by atoms with Gasteiger partial charge in [0, 0.05) is 0 Å². The minimum atomic E-state index is -0.766. The highest BCUT2D eigenvalue weighted by Crippen LogP contribution is 2.15. The van der Waals surface area contributed by atoms with Gasteiger partial charge in [0.15, 0.2) is 0 Å². The molecule has 0 amide bonds. The van der Waals surface area contributed by atoms with E-state index in [2.05, 4.69) is 12.6 Å². The van der Waals surface area contributed by atoms with Crippen molar-refractivity contribution >= 4 is 33.8 Å². The van der Waals surface area contributed by atoms with Crippen LogP contribution in [0.3, 0.4) is 0 Å². The van der Waals surface area contributed by atoms with Crippen LogP contribution in [0.5, 0.6) is 0 Å². The molecule has 0 spiro atoms. The van der Waals surface area contributed by atoms with E-state index in [0.717, 1.165) is 0 Å². The van der Waals surface area contributed by atoms with Gasteiger partial charge in [-0.2, -0.15) is 10.9 Å². The number of carbonyl (C=O) groups is 2. The smallest absolute Gasteiger partial charge is 0.261 e. The quantitative estimate of drug-likeness (QED) is 0.416. The first-order chi connectivity index (χ1) is 3.55. The van der Waals surface area contributed by atoms with Crippen LogP contribution in [0.2, 0.25) is 0 Å². The van der Waals surface area contributed by atoms with Gasteiger partial charge < -0.3 is 0 Å². The fourth-order valence-electron chi connectivity index (χ4n) is 0.191. The molecular weight excluding hydrogens is 144 g/mol. The highest BCUT2D eigenvalue weighted by Gasteiger charge is 2.08. The van der Waals surface area contributed by atoms with Gasteiger partial charge in [0.05, 0.1) is 0 Å². The van der Waals surface area contributed by atoms with Gasteiger partial charge in [-0.05, 0) is 12.5 Å². The number of rotatable bonds is 1. The molecule has 0 heterocycles. The predicted octanol–water partition coefficient (Wildman–Crippen LogP) is 0.230. The standard InChI is InChI=1S/C4H8O2S2/c1-8(2)4(6)3(5)7/h8H,1-2H3,(H,5,7). The molecule has 0 aliphatic heterocycles. The summed E-state index contributed by atoms with van der Waals surface area (Å²) in [5, 5.41) is -0.982. The minimum Gasteiger partial charge on any atom is -0.279 e. The van der Waals surface area contributed by atoms with Gasteiger partial charge in [-0.3, -0.25) is 9.59 Å². The summed E-state index contributed by atoms with van der Waals surface area (Å²) in [7, 11) is -0.766. The summed E-state index contributed by atoms with van der Waals surface area (Å²) >= 11 is 3.36. The van der Waals surface area contributed by atoms with E-state index in [0.29, 0.717) is 0 Å². The van der Waals surface area contributed by atoms with Gasteiger partial charge in [-0.1, -0.05) is 12.6 Å². The maximum Gasteiger partial charge on any atom is 0.261 e. The van der Waals surface area contributed by atoms with Crippen molar-refractivity contribution in [3.05, 3.63) is 0 Å². The summed E-state index contributed by atoms with van der Waals surface area (Å²) in [5.74, 6) is 0. The largest absolute Gasteiger partial charge is 0.279 e. The number of hydrogen-bond donors (Lipinski definition) is 2. The molecule has 48 valence electrons. The Hall–Kier alpha value is 0.0400. The highest BCUT2D eigenvalue weighted by atomic mass is 32.2. The molecule has 2 nitrogen and oxygen atoms in total. The van der Waals surface area contributed by atoms with Crippen LogP contribution in [0.4, 0.5) is 0 Å². The third-order valence-corrected chi connectivity index (χ3v) is 1.98. The zero-order valence-corrected chi connectivity index (χ0v) is 6.50. The Morgan fingerprint density at radius 1 is 1.38 bits per heavy atom. The predicted molar refractivity (Wildman–Crippen MR) is 39.8 cm³/mol. The number of hydrogen-bond acceptors (Lipinski definition) is 2. The summed E-state index contributed by atoms with van der Waals surface area (Å²) < 4.78 is 0. The summed E-state index contributed by atoms with van der Waals surface area (Å²) in [5.41, 5.74) is 0. The summed E-state index contributed by atoms with van der Waals surface area (Å²) in [4.78, 5) is 20.6. The molecule has 4 heteroatoms. The molecule has 0 aromatic rings. The lowest BCUT2D eigenvalue weighted by Gasteiger charge is -2.00. The van der Waals surface area contributed by atoms with Crippen LogP contribution in [0, 0.1) is 0 Å². The molecule has 0 saturated heterocycles. The summed E-state index contributed by atoms with van der Waals surface area (Å²) in [6.07, 6.45) is 3.46. The van der Waals surface area contributed by atoms with E-state index in [1.807, 2.05) is 0 Å². The summed E-state index contributed by atoms with van der Waals surface area (Å²) in [6, 6.07) is 0. The van der Waals surface area contributed by atoms with E-state index in [-0.39, 0.29) is 5.12 Å². The normalized spacial score (nSPS) is 10.6. The molecule has 0 aromatic heterocycles. The van der Waals surface area contributed by atoms with Gasteiger partial charge in [-0.25, -0.2) is 0 Å². The Kier molecular flexibility index (Phi) is 3.16. The third-order valence-electron chi connectivity index (χ3n) is 0.589. The van der Waals surface area contributed by atoms with Crippen LogP contribution in [0.15, 0.2) is 0 Å². The van der Waals surface area contributed by atoms with Gasteiger partial charge >= 0.3 is 0 Å². The van der Waals surface area contributed by atoms with Crippen LogP contribution >= 0.6 is 23.5 Å². The zero-order valence-electron chi connectivity index (χ0n) is 4.71. The van der Waals surface area contributed by atoms with Gasteiger partial charge in [-0.15, -0.1) is 0 Å². The van der Waals surface area contributed by atoms with Crippen LogP contribution in [-0.4, -0.2) is 22.7 Å². The van der Waals surface area contributed by atoms with Crippen LogP contribution < -0.4 is 0 Å². The second-order valence-corrected chi connectivity index (χ2v) is 4.11. The fourth-order valence-corrected chi connectivity index (χ4v) is 1.17. The molecule has 0 aliphatic rings. The van der Waals surface area contributed by atoms with Crippen molar-refractivity contribution in [1.82, 2.24) is 0 Å². The van der Waals surface area contributed by atoms with E-state index in [9.17, 15) is 9.59 Å². The molecule has 8 heavy (non-hydrogen) atoms. The molecule has 0 aromatic carbocycles. The van der Waals surface area contributed by atoms with Crippen molar-refractivity contribution in [2.75, 3.05) is 12.5 Å². The van der Waals surface area contributed by atoms with Crippen LogP contribution in [-0.2, 0) is 9.59 Å². The van der Waals surface area contributed by atoms with Crippen LogP contribution in [0.1, 0.15) is 0 Å². The Balaban J connectivity index is 3.84. The first-order valence-corrected chi connectivity index (χ1v) is 4.68. The first-order valence-electron chi connectivity index (χ1n) is 2.00. The van der Waals surface area contributed by atoms with Crippen molar-refractivity contribution in [3.8, 4) is 0 Å². The molecule has 0 radical (unpaired) electrons. The summed E-state index contributed by atoms with van der Waals surface area (Å²) in [6.45, 7) is 0. The zero-order chi connectivity index (χ0) is 6.73. The Bertz CT molecular complexity index is 119. The lowest BCUT2D eigenvalue weighted by atomic mass is 10.9. The van der Waals surface area contributed by atoms with Crippen LogP contribution in [0.25, 0.3) is 0 Å². The second kappa shape index (κ2) is 3.14. The van der Waals surface area contributed by atoms with Gasteiger partial charge in [0.25, 0.3) is 5.12 Å². The Morgan fingerprint density at radius 3 is 1.75 bits per heavy atom. The molecule has 0 unspecified atom stereocenters. The molecule has 0 aliphatic carbocycles. The molecule has 0 rings (SSSR count). The fraction of sp³-hybridized carbons (Fsp3) is 0.500. The van der Waals surface area contributed by atoms with Crippen molar-refractivity contribution < 1.29 is 9.59 Å². The average Bonchev–Trinajstić information content (AvgIpc) is 1.64. The van der Waals surface area contributed by atoms with E-state index >= 15 is 0 Å². The number of carbonyl (C=O) groups excluding carboxylic acids is 2. The molecule has 0 bridgehead atoms. The SMILES string of the molecule is C[SH](C)C(=O)C(=O)S. The van der Waals surface area contributed by atoms with Crippen molar-refractivity contribution in [1.29, 1.82) is 0 Å². The second-order valence-electron chi connectivity index (χ2n) is 1.50. The van der Waals surface area contributed by atoms with Gasteiger partial charge in [0.2, 0.25) is 5.12 Å². The average molecular weight is 152 g/mol. The first kappa shape index (κ1) is 8.04. The lowest BCUT2D eigenvalue weighted by Crippen LogP contribution is -2.05. The topological polar surface area (TPSA) is 34.1 Å². The minimum absolute atomic E-state index is 0.358. The maximum absolute atomic E-state index is 10.4. The van der Waals surface area contributed by atoms with Crippen molar-refractivity contribution in [2.24, 2.45) is 0 Å². The van der Waals surface area contributed by atoms with Crippen molar-refractivity contribution in [3.63, 3.8) is 0 Å². The Labute approximate surface area is 56.4 Å². The molecule has 0 saturated carbocycles. The molecular formula is C4H8O2S2. The number of thiol groups is 2. The molecule has 0 fully saturated rings. The van der Waals surface area contributed by atoms with Crippen molar-refractivity contribution in [2.45, 2.75) is 0 Å².